The predicted molar refractivity (Wildman–Crippen MR) is 115 cm³/mol. The average Bonchev–Trinajstić information content (AvgIpc) is 3.10. The van der Waals surface area contributed by atoms with Crippen molar-refractivity contribution >= 4 is 44.4 Å². The van der Waals surface area contributed by atoms with Gasteiger partial charge in [0.25, 0.3) is 0 Å². The van der Waals surface area contributed by atoms with E-state index in [1.54, 1.807) is 13.2 Å². The van der Waals surface area contributed by atoms with Gasteiger partial charge in [-0.05, 0) is 42.3 Å². The summed E-state index contributed by atoms with van der Waals surface area (Å²) in [5, 5.41) is 3.46. The van der Waals surface area contributed by atoms with Gasteiger partial charge in [0.15, 0.2) is 5.13 Å². The molecular weight excluding hydrogens is 424 g/mol. The molecule has 0 radical (unpaired) electrons. The molecule has 6 heteroatoms. The van der Waals surface area contributed by atoms with Crippen LogP contribution in [0.1, 0.15) is 17.4 Å². The Balaban J connectivity index is 1.72. The molecule has 0 bridgehead atoms. The summed E-state index contributed by atoms with van der Waals surface area (Å²) in [4.78, 5) is 18.0. The third-order valence-corrected chi connectivity index (χ3v) is 5.55. The lowest BCUT2D eigenvalue weighted by Gasteiger charge is -2.00. The number of methoxy groups -OCH3 is 1. The first-order chi connectivity index (χ1) is 13.1. The number of ether oxygens (including phenoxy) is 1. The minimum atomic E-state index is -0.204. The molecule has 0 fully saturated rings. The average molecular weight is 443 g/mol. The molecule has 0 aliphatic carbocycles. The Morgan fingerprint density at radius 2 is 1.89 bits per heavy atom. The van der Waals surface area contributed by atoms with Crippen LogP contribution in [0.25, 0.3) is 17.3 Å². The van der Waals surface area contributed by atoms with Gasteiger partial charge in [-0.2, -0.15) is 0 Å². The number of anilines is 1. The maximum Gasteiger partial charge on any atom is 0.250 e. The first kappa shape index (κ1) is 19.3. The number of benzene rings is 2. The van der Waals surface area contributed by atoms with Gasteiger partial charge in [0.1, 0.15) is 5.75 Å². The zero-order chi connectivity index (χ0) is 19.2. The molecule has 2 aromatic carbocycles. The maximum absolute atomic E-state index is 12.2. The highest BCUT2D eigenvalue weighted by molar-refractivity contribution is 9.10. The standard InChI is InChI=1S/C21H19BrN2O2S/c1-3-18-20(15-7-9-16(22)10-8-15)24-21(27-18)23-19(25)13-6-14-4-11-17(26-2)12-5-14/h4-13H,3H2,1-2H3,(H,23,24,25)/b13-6+. The van der Waals surface area contributed by atoms with Crippen LogP contribution in [0, 0.1) is 0 Å². The van der Waals surface area contributed by atoms with Crippen molar-refractivity contribution in [1.82, 2.24) is 4.98 Å². The van der Waals surface area contributed by atoms with Crippen molar-refractivity contribution in [3.8, 4) is 17.0 Å². The van der Waals surface area contributed by atoms with Crippen LogP contribution in [-0.2, 0) is 11.2 Å². The molecule has 0 atom stereocenters. The van der Waals surface area contributed by atoms with E-state index in [0.29, 0.717) is 5.13 Å². The Bertz CT molecular complexity index is 947. The number of aryl methyl sites for hydroxylation is 1. The number of nitrogens with zero attached hydrogens (tertiary/aromatic N) is 1. The zero-order valence-corrected chi connectivity index (χ0v) is 17.4. The maximum atomic E-state index is 12.2. The molecule has 0 aliphatic rings. The third-order valence-electron chi connectivity index (χ3n) is 3.91. The Hall–Kier alpha value is -2.44. The van der Waals surface area contributed by atoms with E-state index in [-0.39, 0.29) is 5.91 Å². The molecule has 1 amide bonds. The lowest BCUT2D eigenvalue weighted by Crippen LogP contribution is -2.07. The summed E-state index contributed by atoms with van der Waals surface area (Å²) in [5.41, 5.74) is 2.89. The smallest absolute Gasteiger partial charge is 0.250 e. The van der Waals surface area contributed by atoms with Crippen molar-refractivity contribution in [2.24, 2.45) is 0 Å². The minimum Gasteiger partial charge on any atom is -0.497 e. The summed E-state index contributed by atoms with van der Waals surface area (Å²) in [6, 6.07) is 15.5. The van der Waals surface area contributed by atoms with Crippen molar-refractivity contribution in [1.29, 1.82) is 0 Å². The summed E-state index contributed by atoms with van der Waals surface area (Å²) < 4.78 is 6.15. The number of carbonyl (C=O) groups is 1. The highest BCUT2D eigenvalue weighted by Crippen LogP contribution is 2.32. The van der Waals surface area contributed by atoms with Crippen LogP contribution in [0.15, 0.2) is 59.1 Å². The van der Waals surface area contributed by atoms with Crippen molar-refractivity contribution < 1.29 is 9.53 Å². The van der Waals surface area contributed by atoms with Crippen molar-refractivity contribution in [3.63, 3.8) is 0 Å². The second-order valence-corrected chi connectivity index (χ2v) is 7.75. The number of thiazole rings is 1. The summed E-state index contributed by atoms with van der Waals surface area (Å²) in [6.07, 6.45) is 4.13. The van der Waals surface area contributed by atoms with E-state index in [2.05, 4.69) is 33.2 Å². The van der Waals surface area contributed by atoms with E-state index in [4.69, 9.17) is 4.74 Å². The van der Waals surface area contributed by atoms with Gasteiger partial charge in [-0.1, -0.05) is 47.1 Å². The third kappa shape index (κ3) is 5.05. The van der Waals surface area contributed by atoms with E-state index in [1.807, 2.05) is 48.5 Å². The van der Waals surface area contributed by atoms with Gasteiger partial charge in [-0.15, -0.1) is 11.3 Å². The molecule has 0 unspecified atom stereocenters. The SMILES string of the molecule is CCc1sc(NC(=O)/C=C/c2ccc(OC)cc2)nc1-c1ccc(Br)cc1. The molecule has 27 heavy (non-hydrogen) atoms. The highest BCUT2D eigenvalue weighted by atomic mass is 79.9. The zero-order valence-electron chi connectivity index (χ0n) is 15.0. The fraction of sp³-hybridized carbons (Fsp3) is 0.143. The molecule has 1 heterocycles. The van der Waals surface area contributed by atoms with Gasteiger partial charge in [-0.3, -0.25) is 10.1 Å². The molecular formula is C21H19BrN2O2S. The van der Waals surface area contributed by atoms with E-state index in [1.165, 1.54) is 17.4 Å². The van der Waals surface area contributed by atoms with Gasteiger partial charge in [0.05, 0.1) is 12.8 Å². The van der Waals surface area contributed by atoms with Crippen LogP contribution in [0.3, 0.4) is 0 Å². The largest absolute Gasteiger partial charge is 0.497 e. The molecule has 138 valence electrons. The predicted octanol–water partition coefficient (Wildman–Crippen LogP) is 5.80. The van der Waals surface area contributed by atoms with Crippen LogP contribution in [-0.4, -0.2) is 18.0 Å². The number of rotatable bonds is 6. The first-order valence-electron chi connectivity index (χ1n) is 8.48. The fourth-order valence-electron chi connectivity index (χ4n) is 2.51. The first-order valence-corrected chi connectivity index (χ1v) is 10.1. The van der Waals surface area contributed by atoms with Crippen molar-refractivity contribution in [2.75, 3.05) is 12.4 Å². The Morgan fingerprint density at radius 3 is 2.52 bits per heavy atom. The van der Waals surface area contributed by atoms with Crippen LogP contribution < -0.4 is 10.1 Å². The summed E-state index contributed by atoms with van der Waals surface area (Å²) >= 11 is 4.95. The van der Waals surface area contributed by atoms with Crippen molar-refractivity contribution in [3.05, 3.63) is 69.5 Å². The molecule has 3 aromatic rings. The normalized spacial score (nSPS) is 10.9. The van der Waals surface area contributed by atoms with Crippen LogP contribution in [0.5, 0.6) is 5.75 Å². The van der Waals surface area contributed by atoms with Crippen LogP contribution in [0.4, 0.5) is 5.13 Å². The number of nitrogens with one attached hydrogen (secondary N) is 1. The number of hydrogen-bond donors (Lipinski definition) is 1. The van der Waals surface area contributed by atoms with Gasteiger partial charge in [0.2, 0.25) is 5.91 Å². The minimum absolute atomic E-state index is 0.204. The summed E-state index contributed by atoms with van der Waals surface area (Å²) in [7, 11) is 1.62. The molecule has 0 saturated heterocycles. The lowest BCUT2D eigenvalue weighted by atomic mass is 10.1. The van der Waals surface area contributed by atoms with Gasteiger partial charge in [0, 0.05) is 21.0 Å². The topological polar surface area (TPSA) is 51.2 Å². The van der Waals surface area contributed by atoms with E-state index < -0.39 is 0 Å². The number of carbonyl (C=O) groups excluding carboxylic acids is 1. The van der Waals surface area contributed by atoms with Gasteiger partial charge < -0.3 is 4.74 Å². The van der Waals surface area contributed by atoms with E-state index in [0.717, 1.165) is 38.3 Å². The number of aromatic nitrogens is 1. The summed E-state index contributed by atoms with van der Waals surface area (Å²) in [6.45, 7) is 2.09. The molecule has 0 saturated carbocycles. The molecule has 1 N–H and O–H groups in total. The van der Waals surface area contributed by atoms with Crippen LogP contribution in [0.2, 0.25) is 0 Å². The van der Waals surface area contributed by atoms with E-state index in [9.17, 15) is 4.79 Å². The Morgan fingerprint density at radius 1 is 1.19 bits per heavy atom. The fourth-order valence-corrected chi connectivity index (χ4v) is 3.70. The lowest BCUT2D eigenvalue weighted by molar-refractivity contribution is -0.111. The van der Waals surface area contributed by atoms with Crippen LogP contribution >= 0.6 is 27.3 Å². The van der Waals surface area contributed by atoms with Crippen molar-refractivity contribution in [2.45, 2.75) is 13.3 Å². The van der Waals surface area contributed by atoms with Gasteiger partial charge in [-0.25, -0.2) is 4.98 Å². The summed E-state index contributed by atoms with van der Waals surface area (Å²) in [5.74, 6) is 0.580. The Labute approximate surface area is 171 Å². The number of amides is 1. The highest BCUT2D eigenvalue weighted by Gasteiger charge is 2.13. The number of halogens is 1. The monoisotopic (exact) mass is 442 g/mol. The molecule has 1 aromatic heterocycles. The van der Waals surface area contributed by atoms with E-state index >= 15 is 0 Å². The second kappa shape index (κ2) is 8.97. The Kier molecular flexibility index (Phi) is 6.42. The molecule has 3 rings (SSSR count). The van der Waals surface area contributed by atoms with Gasteiger partial charge >= 0.3 is 0 Å². The number of hydrogen-bond acceptors (Lipinski definition) is 4. The quantitative estimate of drug-likeness (QED) is 0.491. The molecule has 0 spiro atoms. The molecule has 4 nitrogen and oxygen atoms in total. The molecule has 0 aliphatic heterocycles. The second-order valence-electron chi connectivity index (χ2n) is 5.75.